The zero-order chi connectivity index (χ0) is 23.7. The van der Waals surface area contributed by atoms with Crippen LogP contribution in [0.15, 0.2) is 48.5 Å². The average molecular weight is 468 g/mol. The van der Waals surface area contributed by atoms with Crippen LogP contribution in [0.2, 0.25) is 0 Å². The number of alkyl halides is 3. The molecule has 6 nitrogen and oxygen atoms in total. The molecule has 0 radical (unpaired) electrons. The second-order valence-electron chi connectivity index (χ2n) is 6.68. The molecule has 2 unspecified atom stereocenters. The molecule has 1 aliphatic heterocycles. The van der Waals surface area contributed by atoms with E-state index in [4.69, 9.17) is 14.9 Å². The van der Waals surface area contributed by atoms with Crippen molar-refractivity contribution in [1.82, 2.24) is 5.32 Å². The number of hydrogen-bond acceptors (Lipinski definition) is 6. The molecular formula is C22H23F3N2O4S. The molecule has 2 aromatic carbocycles. The molecule has 0 aromatic heterocycles. The van der Waals surface area contributed by atoms with Gasteiger partial charge in [0.1, 0.15) is 18.5 Å². The number of halogens is 3. The molecule has 2 atom stereocenters. The van der Waals surface area contributed by atoms with Gasteiger partial charge in [-0.25, -0.2) is 0 Å². The number of hydrogen-bond donors (Lipinski definition) is 2. The highest BCUT2D eigenvalue weighted by Gasteiger charge is 2.32. The van der Waals surface area contributed by atoms with Crippen molar-refractivity contribution in [3.8, 4) is 5.75 Å². The molecule has 0 aliphatic carbocycles. The maximum Gasteiger partial charge on any atom is 0.416 e. The summed E-state index contributed by atoms with van der Waals surface area (Å²) in [5, 5.41) is 7.53. The minimum absolute atomic E-state index is 0.0343. The number of methoxy groups -OCH3 is 1. The summed E-state index contributed by atoms with van der Waals surface area (Å²) in [5.74, 6) is 0.215. The van der Waals surface area contributed by atoms with Gasteiger partial charge in [-0.3, -0.25) is 14.9 Å². The van der Waals surface area contributed by atoms with Crippen LogP contribution in [0.3, 0.4) is 0 Å². The fourth-order valence-corrected chi connectivity index (χ4v) is 3.71. The van der Waals surface area contributed by atoms with E-state index in [2.05, 4.69) is 5.32 Å². The van der Waals surface area contributed by atoms with Crippen molar-refractivity contribution in [3.63, 3.8) is 0 Å². The van der Waals surface area contributed by atoms with Crippen molar-refractivity contribution in [3.05, 3.63) is 65.2 Å². The van der Waals surface area contributed by atoms with Gasteiger partial charge in [-0.05, 0) is 55.0 Å². The molecule has 2 N–H and O–H groups in total. The van der Waals surface area contributed by atoms with Gasteiger partial charge in [-0.15, -0.1) is 0 Å². The SMILES string of the molecule is CC=N.COC(COc1ccc(CC2SC(=O)NC2=O)cc1)c1cccc(C(F)(F)F)c1. The summed E-state index contributed by atoms with van der Waals surface area (Å²) < 4.78 is 49.6. The van der Waals surface area contributed by atoms with E-state index >= 15 is 0 Å². The van der Waals surface area contributed by atoms with E-state index < -0.39 is 23.1 Å². The van der Waals surface area contributed by atoms with Crippen molar-refractivity contribution in [1.29, 1.82) is 5.41 Å². The van der Waals surface area contributed by atoms with Crippen molar-refractivity contribution in [2.75, 3.05) is 13.7 Å². The highest BCUT2D eigenvalue weighted by Crippen LogP contribution is 2.31. The second kappa shape index (κ2) is 11.7. The molecule has 1 heterocycles. The fraction of sp³-hybridized carbons (Fsp3) is 0.318. The smallest absolute Gasteiger partial charge is 0.416 e. The number of carbonyl (C=O) groups is 2. The lowest BCUT2D eigenvalue weighted by Gasteiger charge is -2.18. The van der Waals surface area contributed by atoms with E-state index in [1.807, 2.05) is 0 Å². The second-order valence-corrected chi connectivity index (χ2v) is 7.85. The number of rotatable bonds is 7. The van der Waals surface area contributed by atoms with Gasteiger partial charge in [0.05, 0.1) is 10.8 Å². The van der Waals surface area contributed by atoms with Crippen LogP contribution in [0.4, 0.5) is 18.0 Å². The van der Waals surface area contributed by atoms with E-state index in [0.717, 1.165) is 29.5 Å². The van der Waals surface area contributed by atoms with Crippen LogP contribution in [0.5, 0.6) is 5.75 Å². The zero-order valence-corrected chi connectivity index (χ0v) is 18.3. The van der Waals surface area contributed by atoms with Crippen LogP contribution in [0.25, 0.3) is 0 Å². The molecule has 2 amide bonds. The number of carbonyl (C=O) groups excluding carboxylic acids is 2. The van der Waals surface area contributed by atoms with Crippen LogP contribution in [0, 0.1) is 5.41 Å². The lowest BCUT2D eigenvalue weighted by Crippen LogP contribution is -2.25. The first kappa shape index (κ1) is 25.4. The predicted octanol–water partition coefficient (Wildman–Crippen LogP) is 5.02. The highest BCUT2D eigenvalue weighted by atomic mass is 32.2. The van der Waals surface area contributed by atoms with Crippen molar-refractivity contribution in [2.45, 2.75) is 30.9 Å². The normalized spacial score (nSPS) is 16.6. The minimum Gasteiger partial charge on any atom is -0.491 e. The van der Waals surface area contributed by atoms with Crippen LogP contribution >= 0.6 is 11.8 Å². The molecule has 1 aliphatic rings. The van der Waals surface area contributed by atoms with E-state index in [1.165, 1.54) is 19.4 Å². The number of imide groups is 1. The summed E-state index contributed by atoms with van der Waals surface area (Å²) in [7, 11) is 1.41. The Balaban J connectivity index is 0.00000114. The Bertz CT molecular complexity index is 936. The molecule has 2 aromatic rings. The number of amides is 2. The summed E-state index contributed by atoms with van der Waals surface area (Å²) in [5.41, 5.74) is 0.488. The molecule has 32 heavy (non-hydrogen) atoms. The van der Waals surface area contributed by atoms with Gasteiger partial charge < -0.3 is 14.9 Å². The first-order valence-electron chi connectivity index (χ1n) is 9.56. The molecular weight excluding hydrogens is 445 g/mol. The van der Waals surface area contributed by atoms with Crippen LogP contribution in [0.1, 0.15) is 29.7 Å². The van der Waals surface area contributed by atoms with Gasteiger partial charge in [-0.1, -0.05) is 36.0 Å². The standard InChI is InChI=1S/C20H18F3NO4S.C2H5N/c1-27-16(13-3-2-4-14(10-13)20(21,22)23)11-28-15-7-5-12(6-8-15)9-17-18(25)24-19(26)29-17;1-2-3/h2-8,10,16-17H,9,11H2,1H3,(H,24,25,26);2-3H,1H3. The Hall–Kier alpha value is -2.85. The molecule has 0 saturated carbocycles. The summed E-state index contributed by atoms with van der Waals surface area (Å²) in [6.07, 6.45) is -3.43. The third kappa shape index (κ3) is 7.38. The van der Waals surface area contributed by atoms with E-state index in [9.17, 15) is 22.8 Å². The lowest BCUT2D eigenvalue weighted by atomic mass is 10.1. The minimum atomic E-state index is -4.43. The average Bonchev–Trinajstić information content (AvgIpc) is 3.06. The van der Waals surface area contributed by atoms with E-state index in [0.29, 0.717) is 17.7 Å². The molecule has 0 bridgehead atoms. The highest BCUT2D eigenvalue weighted by molar-refractivity contribution is 8.15. The largest absolute Gasteiger partial charge is 0.491 e. The third-order valence-electron chi connectivity index (χ3n) is 4.38. The van der Waals surface area contributed by atoms with Crippen LogP contribution < -0.4 is 10.1 Å². The number of benzene rings is 2. The summed E-state index contributed by atoms with van der Waals surface area (Å²) in [4.78, 5) is 22.8. The van der Waals surface area contributed by atoms with Gasteiger partial charge in [-0.2, -0.15) is 13.2 Å². The maximum absolute atomic E-state index is 12.9. The number of thioether (sulfide) groups is 1. The first-order valence-corrected chi connectivity index (χ1v) is 10.4. The van der Waals surface area contributed by atoms with Crippen LogP contribution in [-0.2, 0) is 22.1 Å². The summed E-state index contributed by atoms with van der Waals surface area (Å²) in [6, 6.07) is 11.9. The molecule has 0 spiro atoms. The Kier molecular flexibility index (Phi) is 9.27. The Labute approximate surface area is 188 Å². The van der Waals surface area contributed by atoms with Gasteiger partial charge >= 0.3 is 6.18 Å². The maximum atomic E-state index is 12.9. The van der Waals surface area contributed by atoms with E-state index in [1.54, 1.807) is 37.3 Å². The van der Waals surface area contributed by atoms with Gasteiger partial charge in [0.15, 0.2) is 0 Å². The van der Waals surface area contributed by atoms with Crippen molar-refractivity contribution in [2.24, 2.45) is 0 Å². The molecule has 172 valence electrons. The monoisotopic (exact) mass is 468 g/mol. The number of ether oxygens (including phenoxy) is 2. The molecule has 1 saturated heterocycles. The third-order valence-corrected chi connectivity index (χ3v) is 5.36. The Morgan fingerprint density at radius 1 is 1.19 bits per heavy atom. The Morgan fingerprint density at radius 2 is 1.84 bits per heavy atom. The Morgan fingerprint density at radius 3 is 2.38 bits per heavy atom. The summed E-state index contributed by atoms with van der Waals surface area (Å²) in [6.45, 7) is 1.70. The van der Waals surface area contributed by atoms with Gasteiger partial charge in [0.25, 0.3) is 5.24 Å². The number of nitrogens with one attached hydrogen (secondary N) is 2. The first-order chi connectivity index (χ1) is 15.2. The van der Waals surface area contributed by atoms with Crippen LogP contribution in [-0.4, -0.2) is 36.3 Å². The van der Waals surface area contributed by atoms with Gasteiger partial charge in [0, 0.05) is 7.11 Å². The van der Waals surface area contributed by atoms with Crippen molar-refractivity contribution >= 4 is 29.1 Å². The quantitative estimate of drug-likeness (QED) is 0.557. The molecule has 10 heteroatoms. The fourth-order valence-electron chi connectivity index (χ4n) is 2.85. The predicted molar refractivity (Wildman–Crippen MR) is 116 cm³/mol. The molecule has 3 rings (SSSR count). The lowest BCUT2D eigenvalue weighted by molar-refractivity contribution is -0.137. The van der Waals surface area contributed by atoms with Crippen molar-refractivity contribution < 1.29 is 32.2 Å². The molecule has 1 fully saturated rings. The van der Waals surface area contributed by atoms with Gasteiger partial charge in [0.2, 0.25) is 5.91 Å². The van der Waals surface area contributed by atoms with E-state index in [-0.39, 0.29) is 17.8 Å². The zero-order valence-electron chi connectivity index (χ0n) is 17.4. The topological polar surface area (TPSA) is 88.5 Å². The summed E-state index contributed by atoms with van der Waals surface area (Å²) >= 11 is 0.963.